The third kappa shape index (κ3) is 4.92. The second-order valence-electron chi connectivity index (χ2n) is 9.59. The van der Waals surface area contributed by atoms with Crippen LogP contribution in [0.1, 0.15) is 40.2 Å². The van der Waals surface area contributed by atoms with Crippen LogP contribution in [0.4, 0.5) is 13.2 Å². The normalized spacial score (nSPS) is 18.8. The molecule has 192 valence electrons. The van der Waals surface area contributed by atoms with Gasteiger partial charge in [0.15, 0.2) is 0 Å². The second kappa shape index (κ2) is 9.57. The summed E-state index contributed by atoms with van der Waals surface area (Å²) in [6.45, 7) is 0.268. The van der Waals surface area contributed by atoms with Crippen LogP contribution in [0.2, 0.25) is 0 Å². The van der Waals surface area contributed by atoms with Crippen LogP contribution < -0.4 is 4.74 Å². The molecule has 0 spiro atoms. The Kier molecular flexibility index (Phi) is 6.43. The predicted octanol–water partition coefficient (Wildman–Crippen LogP) is 5.70. The number of rotatable bonds is 6. The molecular formula is C29H26F3NO4. The molecule has 0 saturated heterocycles. The molecule has 1 saturated carbocycles. The van der Waals surface area contributed by atoms with Gasteiger partial charge in [-0.05, 0) is 64.8 Å². The molecule has 5 nitrogen and oxygen atoms in total. The number of hydrogen-bond acceptors (Lipinski definition) is 3. The number of benzene rings is 3. The highest BCUT2D eigenvalue weighted by molar-refractivity contribution is 5.84. The van der Waals surface area contributed by atoms with Crippen LogP contribution in [0, 0.1) is 5.92 Å². The first-order chi connectivity index (χ1) is 17.7. The van der Waals surface area contributed by atoms with Gasteiger partial charge < -0.3 is 14.7 Å². The number of carbonyl (C=O) groups excluding carboxylic acids is 1. The van der Waals surface area contributed by atoms with E-state index >= 15 is 0 Å². The van der Waals surface area contributed by atoms with Crippen molar-refractivity contribution < 1.29 is 32.6 Å². The van der Waals surface area contributed by atoms with Crippen molar-refractivity contribution in [3.05, 3.63) is 88.5 Å². The van der Waals surface area contributed by atoms with Crippen LogP contribution in [0.5, 0.6) is 5.75 Å². The Hall–Kier alpha value is -3.81. The van der Waals surface area contributed by atoms with Crippen molar-refractivity contribution in [3.8, 4) is 16.9 Å². The molecule has 37 heavy (non-hydrogen) atoms. The van der Waals surface area contributed by atoms with E-state index in [0.29, 0.717) is 28.0 Å². The molecule has 1 N–H and O–H groups in total. The number of halogens is 3. The first-order valence-electron chi connectivity index (χ1n) is 12.1. The third-order valence-electron chi connectivity index (χ3n) is 7.27. The lowest BCUT2D eigenvalue weighted by Crippen LogP contribution is -2.38. The van der Waals surface area contributed by atoms with Crippen LogP contribution >= 0.6 is 0 Å². The Morgan fingerprint density at radius 3 is 2.46 bits per heavy atom. The lowest BCUT2D eigenvalue weighted by molar-refractivity contribution is -0.139. The first kappa shape index (κ1) is 24.9. The molecule has 0 radical (unpaired) electrons. The molecule has 1 amide bonds. The van der Waals surface area contributed by atoms with Crippen molar-refractivity contribution >= 4 is 11.9 Å². The molecule has 1 aliphatic carbocycles. The molecule has 8 heteroatoms. The molecule has 0 bridgehead atoms. The molecule has 5 rings (SSSR count). The highest BCUT2D eigenvalue weighted by Gasteiger charge is 2.46. The summed E-state index contributed by atoms with van der Waals surface area (Å²) in [6, 6.07) is 17.1. The van der Waals surface area contributed by atoms with Gasteiger partial charge in [0.05, 0.1) is 19.1 Å². The Bertz CT molecular complexity index is 1350. The van der Waals surface area contributed by atoms with Crippen LogP contribution in [0.25, 0.3) is 11.1 Å². The quantitative estimate of drug-likeness (QED) is 0.463. The topological polar surface area (TPSA) is 66.8 Å². The molecule has 1 fully saturated rings. The summed E-state index contributed by atoms with van der Waals surface area (Å²) in [4.78, 5) is 26.3. The minimum atomic E-state index is -4.53. The molecule has 3 aromatic rings. The van der Waals surface area contributed by atoms with Crippen LogP contribution in [-0.4, -0.2) is 35.5 Å². The van der Waals surface area contributed by atoms with Gasteiger partial charge in [0.2, 0.25) is 5.91 Å². The first-order valence-corrected chi connectivity index (χ1v) is 12.1. The zero-order chi connectivity index (χ0) is 26.3. The molecule has 1 heterocycles. The number of carbonyl (C=O) groups is 2. The maximum atomic E-state index is 13.9. The zero-order valence-corrected chi connectivity index (χ0v) is 20.2. The summed E-state index contributed by atoms with van der Waals surface area (Å²) >= 11 is 0. The van der Waals surface area contributed by atoms with Crippen molar-refractivity contribution in [1.82, 2.24) is 4.90 Å². The summed E-state index contributed by atoms with van der Waals surface area (Å²) in [5, 5.41) is 9.23. The number of aliphatic carboxylic acids is 1. The van der Waals surface area contributed by atoms with Gasteiger partial charge in [-0.2, -0.15) is 13.2 Å². The molecule has 0 unspecified atom stereocenters. The van der Waals surface area contributed by atoms with Gasteiger partial charge in [-0.15, -0.1) is 0 Å². The van der Waals surface area contributed by atoms with Crippen LogP contribution in [0.15, 0.2) is 60.7 Å². The molecule has 1 aliphatic heterocycles. The number of ether oxygens (including phenoxy) is 1. The Balaban J connectivity index is 1.53. The maximum absolute atomic E-state index is 13.9. The summed E-state index contributed by atoms with van der Waals surface area (Å²) < 4.78 is 47.3. The molecule has 2 atom stereocenters. The van der Waals surface area contributed by atoms with E-state index in [1.807, 2.05) is 30.3 Å². The summed E-state index contributed by atoms with van der Waals surface area (Å²) in [5.74, 6) is -0.685. The summed E-state index contributed by atoms with van der Waals surface area (Å²) in [7, 11) is 1.46. The number of nitrogens with zero attached hydrogens (tertiary/aromatic N) is 1. The molecule has 3 aromatic carbocycles. The van der Waals surface area contributed by atoms with E-state index < -0.39 is 17.7 Å². The lowest BCUT2D eigenvalue weighted by Gasteiger charge is -2.33. The average Bonchev–Trinajstić information content (AvgIpc) is 3.68. The Morgan fingerprint density at radius 2 is 1.78 bits per heavy atom. The van der Waals surface area contributed by atoms with Gasteiger partial charge in [-0.1, -0.05) is 42.5 Å². The average molecular weight is 510 g/mol. The highest BCUT2D eigenvalue weighted by atomic mass is 19.4. The van der Waals surface area contributed by atoms with Gasteiger partial charge in [0.1, 0.15) is 5.75 Å². The fourth-order valence-electron chi connectivity index (χ4n) is 5.40. The Labute approximate surface area is 212 Å². The summed E-state index contributed by atoms with van der Waals surface area (Å²) in [6.07, 6.45) is -3.94. The van der Waals surface area contributed by atoms with Gasteiger partial charge in [0, 0.05) is 24.6 Å². The largest absolute Gasteiger partial charge is 0.496 e. The zero-order valence-electron chi connectivity index (χ0n) is 20.2. The van der Waals surface area contributed by atoms with Crippen molar-refractivity contribution in [3.63, 3.8) is 0 Å². The van der Waals surface area contributed by atoms with E-state index in [-0.39, 0.29) is 49.2 Å². The number of fused-ring (bicyclic) bond motifs is 1. The number of hydrogen-bond donors (Lipinski definition) is 1. The van der Waals surface area contributed by atoms with Crippen molar-refractivity contribution in [2.24, 2.45) is 5.92 Å². The Morgan fingerprint density at radius 1 is 1.03 bits per heavy atom. The van der Waals surface area contributed by atoms with E-state index in [1.54, 1.807) is 23.1 Å². The van der Waals surface area contributed by atoms with Crippen LogP contribution in [0.3, 0.4) is 0 Å². The number of alkyl halides is 3. The van der Waals surface area contributed by atoms with Crippen molar-refractivity contribution in [1.29, 1.82) is 0 Å². The predicted molar refractivity (Wildman–Crippen MR) is 131 cm³/mol. The molecule has 0 aromatic heterocycles. The minimum absolute atomic E-state index is 0.0468. The standard InChI is InChI=1S/C29H26F3NO4/c1-37-26-10-7-17(14-27(34)35)13-22(26)19-8-9-25(29(30,31)32)20-11-12-33(16-24(19)20)28(36)23-15-21(23)18-5-3-2-4-6-18/h2-10,13,21,23H,11-12,14-16H2,1H3,(H,34,35)/t21-,23+/m0/s1. The number of carboxylic acids is 1. The molecule has 2 aliphatic rings. The maximum Gasteiger partial charge on any atom is 0.416 e. The molecular weight excluding hydrogens is 483 g/mol. The highest BCUT2D eigenvalue weighted by Crippen LogP contribution is 2.49. The monoisotopic (exact) mass is 509 g/mol. The van der Waals surface area contributed by atoms with Gasteiger partial charge in [-0.3, -0.25) is 9.59 Å². The van der Waals surface area contributed by atoms with Gasteiger partial charge >= 0.3 is 12.1 Å². The van der Waals surface area contributed by atoms with Crippen molar-refractivity contribution in [2.75, 3.05) is 13.7 Å². The van der Waals surface area contributed by atoms with Crippen LogP contribution in [-0.2, 0) is 35.2 Å². The third-order valence-corrected chi connectivity index (χ3v) is 7.27. The van der Waals surface area contributed by atoms with Gasteiger partial charge in [-0.25, -0.2) is 0 Å². The number of amides is 1. The fraction of sp³-hybridized carbons (Fsp3) is 0.310. The van der Waals surface area contributed by atoms with E-state index in [2.05, 4.69) is 0 Å². The minimum Gasteiger partial charge on any atom is -0.496 e. The van der Waals surface area contributed by atoms with E-state index in [0.717, 1.165) is 18.1 Å². The SMILES string of the molecule is COc1ccc(CC(=O)O)cc1-c1ccc(C(F)(F)F)c2c1CN(C(=O)[C@@H]1C[C@H]1c1ccccc1)CC2. The van der Waals surface area contributed by atoms with E-state index in [1.165, 1.54) is 13.2 Å². The van der Waals surface area contributed by atoms with E-state index in [4.69, 9.17) is 4.74 Å². The second-order valence-corrected chi connectivity index (χ2v) is 9.59. The van der Waals surface area contributed by atoms with Crippen molar-refractivity contribution in [2.45, 2.75) is 37.9 Å². The van der Waals surface area contributed by atoms with E-state index in [9.17, 15) is 27.9 Å². The number of methoxy groups -OCH3 is 1. The van der Waals surface area contributed by atoms with Gasteiger partial charge in [0.25, 0.3) is 0 Å². The fourth-order valence-corrected chi connectivity index (χ4v) is 5.40. The smallest absolute Gasteiger partial charge is 0.416 e. The summed E-state index contributed by atoms with van der Waals surface area (Å²) in [5.41, 5.74) is 2.52. The number of carboxylic acid groups (broad SMARTS) is 1. The lowest BCUT2D eigenvalue weighted by atomic mass is 9.86.